The molecule has 0 aliphatic rings. The minimum Gasteiger partial charge on any atom is -0.497 e. The van der Waals surface area contributed by atoms with Crippen molar-refractivity contribution in [3.63, 3.8) is 0 Å². The number of carbonyl (C=O) groups excluding carboxylic acids is 2. The minimum absolute atomic E-state index is 0.102. The molecule has 0 atom stereocenters. The van der Waals surface area contributed by atoms with Crippen molar-refractivity contribution in [2.45, 2.75) is 6.42 Å². The van der Waals surface area contributed by atoms with Gasteiger partial charge in [-0.05, 0) is 36.4 Å². The topological polar surface area (TPSA) is 67.4 Å². The highest BCUT2D eigenvalue weighted by atomic mass is 35.5. The molecule has 3 aromatic carbocycles. The summed E-state index contributed by atoms with van der Waals surface area (Å²) >= 11 is 5.98. The van der Waals surface area contributed by atoms with Gasteiger partial charge in [-0.2, -0.15) is 0 Å². The van der Waals surface area contributed by atoms with Crippen molar-refractivity contribution in [3.8, 4) is 5.75 Å². The molecule has 0 heterocycles. The van der Waals surface area contributed by atoms with Gasteiger partial charge in [0, 0.05) is 22.3 Å². The van der Waals surface area contributed by atoms with Crippen LogP contribution >= 0.6 is 11.6 Å². The highest BCUT2D eigenvalue weighted by molar-refractivity contribution is 6.31. The van der Waals surface area contributed by atoms with Crippen LogP contribution < -0.4 is 15.4 Å². The van der Waals surface area contributed by atoms with E-state index >= 15 is 0 Å². The van der Waals surface area contributed by atoms with Crippen LogP contribution in [0.4, 0.5) is 15.8 Å². The molecule has 0 saturated carbocycles. The SMILES string of the molecule is COc1cccc(NC(=O)c2ccccc2NC(=O)Cc2c(F)cccc2Cl)c1. The second kappa shape index (κ2) is 9.21. The van der Waals surface area contributed by atoms with Crippen molar-refractivity contribution in [2.24, 2.45) is 0 Å². The fourth-order valence-corrected chi connectivity index (χ4v) is 2.98. The largest absolute Gasteiger partial charge is 0.497 e. The number of rotatable bonds is 6. The van der Waals surface area contributed by atoms with Gasteiger partial charge in [0.15, 0.2) is 0 Å². The fraction of sp³-hybridized carbons (Fsp3) is 0.0909. The monoisotopic (exact) mass is 412 g/mol. The number of halogens is 2. The fourth-order valence-electron chi connectivity index (χ4n) is 2.75. The van der Waals surface area contributed by atoms with Crippen LogP contribution in [0.25, 0.3) is 0 Å². The average molecular weight is 413 g/mol. The van der Waals surface area contributed by atoms with Gasteiger partial charge in [0.1, 0.15) is 11.6 Å². The Hall–Kier alpha value is -3.38. The maximum absolute atomic E-state index is 13.9. The molecule has 2 N–H and O–H groups in total. The zero-order chi connectivity index (χ0) is 20.8. The van der Waals surface area contributed by atoms with Crippen LogP contribution in [0, 0.1) is 5.82 Å². The molecule has 3 aromatic rings. The van der Waals surface area contributed by atoms with Crippen molar-refractivity contribution in [1.29, 1.82) is 0 Å². The Bertz CT molecular complexity index is 1040. The van der Waals surface area contributed by atoms with Gasteiger partial charge >= 0.3 is 0 Å². The van der Waals surface area contributed by atoms with Crippen molar-refractivity contribution in [1.82, 2.24) is 0 Å². The van der Waals surface area contributed by atoms with E-state index in [1.165, 1.54) is 25.3 Å². The normalized spacial score (nSPS) is 10.3. The number of methoxy groups -OCH3 is 1. The Kier molecular flexibility index (Phi) is 6.46. The molecule has 0 bridgehead atoms. The van der Waals surface area contributed by atoms with E-state index < -0.39 is 17.6 Å². The number of hydrogen-bond donors (Lipinski definition) is 2. The first-order chi connectivity index (χ1) is 14.0. The molecule has 0 unspecified atom stereocenters. The predicted octanol–water partition coefficient (Wildman–Crippen LogP) is 4.92. The van der Waals surface area contributed by atoms with Gasteiger partial charge in [-0.25, -0.2) is 4.39 Å². The van der Waals surface area contributed by atoms with Gasteiger partial charge in [0.25, 0.3) is 5.91 Å². The van der Waals surface area contributed by atoms with E-state index in [-0.39, 0.29) is 22.6 Å². The molecule has 0 aromatic heterocycles. The highest BCUT2D eigenvalue weighted by Crippen LogP contribution is 2.22. The van der Waals surface area contributed by atoms with Crippen LogP contribution in [0.2, 0.25) is 5.02 Å². The van der Waals surface area contributed by atoms with E-state index in [2.05, 4.69) is 10.6 Å². The van der Waals surface area contributed by atoms with Crippen molar-refractivity contribution in [2.75, 3.05) is 17.7 Å². The van der Waals surface area contributed by atoms with E-state index in [0.717, 1.165) is 0 Å². The smallest absolute Gasteiger partial charge is 0.257 e. The van der Waals surface area contributed by atoms with Gasteiger partial charge in [0.05, 0.1) is 24.8 Å². The summed E-state index contributed by atoms with van der Waals surface area (Å²) in [6, 6.07) is 17.7. The quantitative estimate of drug-likeness (QED) is 0.603. The van der Waals surface area contributed by atoms with Crippen LogP contribution in [0.5, 0.6) is 5.75 Å². The van der Waals surface area contributed by atoms with E-state index in [0.29, 0.717) is 17.1 Å². The number of para-hydroxylation sites is 1. The van der Waals surface area contributed by atoms with E-state index in [1.54, 1.807) is 48.5 Å². The maximum atomic E-state index is 13.9. The first kappa shape index (κ1) is 20.4. The minimum atomic E-state index is -0.559. The van der Waals surface area contributed by atoms with E-state index in [1.807, 2.05) is 0 Å². The van der Waals surface area contributed by atoms with Crippen molar-refractivity contribution in [3.05, 3.63) is 88.7 Å². The molecule has 0 aliphatic heterocycles. The highest BCUT2D eigenvalue weighted by Gasteiger charge is 2.16. The number of carbonyl (C=O) groups is 2. The lowest BCUT2D eigenvalue weighted by atomic mass is 10.1. The first-order valence-electron chi connectivity index (χ1n) is 8.75. The summed E-state index contributed by atoms with van der Waals surface area (Å²) in [6.07, 6.45) is -0.253. The summed E-state index contributed by atoms with van der Waals surface area (Å²) in [4.78, 5) is 25.1. The molecule has 7 heteroatoms. The molecule has 0 saturated heterocycles. The molecule has 0 radical (unpaired) electrons. The number of benzene rings is 3. The first-order valence-corrected chi connectivity index (χ1v) is 9.13. The number of nitrogens with one attached hydrogen (secondary N) is 2. The summed E-state index contributed by atoms with van der Waals surface area (Å²) in [5.41, 5.74) is 1.23. The lowest BCUT2D eigenvalue weighted by molar-refractivity contribution is -0.115. The van der Waals surface area contributed by atoms with Crippen LogP contribution in [-0.4, -0.2) is 18.9 Å². The summed E-state index contributed by atoms with van der Waals surface area (Å²) in [5.74, 6) is -0.848. The molecule has 2 amide bonds. The Morgan fingerprint density at radius 2 is 1.76 bits per heavy atom. The van der Waals surface area contributed by atoms with Crippen molar-refractivity contribution < 1.29 is 18.7 Å². The Balaban J connectivity index is 1.76. The second-order valence-corrected chi connectivity index (χ2v) is 6.56. The van der Waals surface area contributed by atoms with E-state index in [9.17, 15) is 14.0 Å². The van der Waals surface area contributed by atoms with Gasteiger partial charge < -0.3 is 15.4 Å². The molecular formula is C22H18ClFN2O3. The summed E-state index contributed by atoms with van der Waals surface area (Å²) in [6.45, 7) is 0. The zero-order valence-corrected chi connectivity index (χ0v) is 16.3. The van der Waals surface area contributed by atoms with Crippen LogP contribution in [0.15, 0.2) is 66.7 Å². The Labute approximate surface area is 172 Å². The maximum Gasteiger partial charge on any atom is 0.257 e. The predicted molar refractivity (Wildman–Crippen MR) is 111 cm³/mol. The number of amides is 2. The third kappa shape index (κ3) is 5.12. The van der Waals surface area contributed by atoms with Gasteiger partial charge in [-0.3, -0.25) is 9.59 Å². The molecule has 5 nitrogen and oxygen atoms in total. The number of anilines is 2. The van der Waals surface area contributed by atoms with Gasteiger partial charge in [-0.1, -0.05) is 35.9 Å². The molecule has 148 valence electrons. The molecule has 0 aliphatic carbocycles. The summed E-state index contributed by atoms with van der Waals surface area (Å²) < 4.78 is 19.1. The van der Waals surface area contributed by atoms with Crippen LogP contribution in [0.3, 0.4) is 0 Å². The zero-order valence-electron chi connectivity index (χ0n) is 15.5. The standard InChI is InChI=1S/C22H18ClFN2O3/c1-29-15-7-4-6-14(12-15)25-22(28)16-8-2-3-11-20(16)26-21(27)13-17-18(23)9-5-10-19(17)24/h2-12H,13H2,1H3,(H,25,28)(H,26,27). The summed E-state index contributed by atoms with van der Waals surface area (Å²) in [7, 11) is 1.54. The molecule has 3 rings (SSSR count). The molecular weight excluding hydrogens is 395 g/mol. The van der Waals surface area contributed by atoms with Crippen molar-refractivity contribution >= 4 is 34.8 Å². The third-order valence-electron chi connectivity index (χ3n) is 4.17. The Morgan fingerprint density at radius 3 is 2.52 bits per heavy atom. The summed E-state index contributed by atoms with van der Waals surface area (Å²) in [5, 5.41) is 5.59. The van der Waals surface area contributed by atoms with Crippen LogP contribution in [0.1, 0.15) is 15.9 Å². The lowest BCUT2D eigenvalue weighted by Crippen LogP contribution is -2.20. The number of hydrogen-bond acceptors (Lipinski definition) is 3. The van der Waals surface area contributed by atoms with Gasteiger partial charge in [0.2, 0.25) is 5.91 Å². The molecule has 0 fully saturated rings. The lowest BCUT2D eigenvalue weighted by Gasteiger charge is -2.12. The third-order valence-corrected chi connectivity index (χ3v) is 4.53. The molecule has 29 heavy (non-hydrogen) atoms. The average Bonchev–Trinajstić information content (AvgIpc) is 2.71. The van der Waals surface area contributed by atoms with Gasteiger partial charge in [-0.15, -0.1) is 0 Å². The van der Waals surface area contributed by atoms with Crippen LogP contribution in [-0.2, 0) is 11.2 Å². The van der Waals surface area contributed by atoms with E-state index in [4.69, 9.17) is 16.3 Å². The second-order valence-electron chi connectivity index (χ2n) is 6.16. The Morgan fingerprint density at radius 1 is 1.00 bits per heavy atom. The number of ether oxygens (including phenoxy) is 1. The molecule has 0 spiro atoms.